The number of imidazole rings is 3. The molecule has 10 heterocycles. The lowest BCUT2D eigenvalue weighted by molar-refractivity contribution is -0.745. The quantitative estimate of drug-likeness (QED) is 0.0229. The Kier molecular flexibility index (Phi) is 17.5. The third kappa shape index (κ3) is 13.0. The summed E-state index contributed by atoms with van der Waals surface area (Å²) >= 11 is 0. The Hall–Kier alpha value is -4.92. The van der Waals surface area contributed by atoms with Gasteiger partial charge < -0.3 is 80.3 Å². The van der Waals surface area contributed by atoms with Gasteiger partial charge in [-0.05, 0) is 13.0 Å². The van der Waals surface area contributed by atoms with Gasteiger partial charge in [0.25, 0.3) is 22.6 Å². The smallest absolute Gasteiger partial charge is 0.387 e. The first-order valence-corrected chi connectivity index (χ1v) is 32.6. The van der Waals surface area contributed by atoms with Gasteiger partial charge in [-0.1, -0.05) is 4.98 Å². The first-order chi connectivity index (χ1) is 39.1. The Labute approximate surface area is 464 Å². The molecule has 6 unspecified atom stereocenters. The van der Waals surface area contributed by atoms with Crippen molar-refractivity contribution < 1.29 is 104 Å². The molecule has 4 saturated heterocycles. The zero-order valence-corrected chi connectivity index (χ0v) is 47.7. The van der Waals surface area contributed by atoms with Crippen LogP contribution in [-0.2, 0) is 71.2 Å². The van der Waals surface area contributed by atoms with E-state index in [1.54, 1.807) is 0 Å². The molecule has 0 saturated carbocycles. The number of phosphoric acid groups is 3. The summed E-state index contributed by atoms with van der Waals surface area (Å²) < 4.78 is 113. The Morgan fingerprint density at radius 1 is 0.711 bits per heavy atom. The summed E-state index contributed by atoms with van der Waals surface area (Å²) in [6.07, 6.45) is -11.3. The molecule has 0 bridgehead atoms. The number of anilines is 3. The van der Waals surface area contributed by atoms with Gasteiger partial charge in [0.05, 0.1) is 64.9 Å². The predicted molar refractivity (Wildman–Crippen MR) is 278 cm³/mol. The summed E-state index contributed by atoms with van der Waals surface area (Å²) in [6.45, 7) is -0.589. The van der Waals surface area contributed by atoms with E-state index < -0.39 is 149 Å². The van der Waals surface area contributed by atoms with Crippen molar-refractivity contribution in [2.45, 2.75) is 73.5 Å². The Balaban J connectivity index is 0.821. The highest BCUT2D eigenvalue weighted by atomic mass is 32.1. The predicted octanol–water partition coefficient (Wildman–Crippen LogP) is -3.78. The molecule has 4 aliphatic rings. The van der Waals surface area contributed by atoms with Gasteiger partial charge in [0.15, 0.2) is 41.1 Å². The van der Waals surface area contributed by atoms with Crippen LogP contribution in [0, 0.1) is 5.92 Å². The van der Waals surface area contributed by atoms with E-state index in [4.69, 9.17) is 54.5 Å². The van der Waals surface area contributed by atoms with E-state index in [1.807, 2.05) is 4.90 Å². The number of ether oxygens (including phenoxy) is 5. The molecule has 40 nitrogen and oxygen atoms in total. The number of fused-ring (bicyclic) bond motifs is 3. The largest absolute Gasteiger partial charge is 0.490 e. The number of phosphoric ester groups is 2. The number of hydrogen-bond acceptors (Lipinski definition) is 29. The lowest BCUT2D eigenvalue weighted by Gasteiger charge is -2.29. The average molecular weight is 1280 g/mol. The van der Waals surface area contributed by atoms with Gasteiger partial charge in [0.2, 0.25) is 23.6 Å². The SMILES string of the molecule is CO[C@@H]1[C@H](PP(=O)(O)OC[C@H]2O[C@@H](n3cnc4c(=O)[nH]c(N)nc43)[C@H](O)[C@@H]2O)C(COP(=O)(O)OP(=O)(O)OP(=O)(O)OC[C@H]2O[C@@H]([n+]3cn(C)c4c(=O)[nH]c(N)nc43)[C@H](O)[C@@H]2CCN2CCOCC2)O[C@H]1n1cnc2c(=O)[nH]c(N)nc21. The zero-order chi connectivity index (χ0) is 59.7. The third-order valence-electron chi connectivity index (χ3n) is 13.8. The van der Waals surface area contributed by atoms with Crippen LogP contribution in [0.5, 0.6) is 0 Å². The monoisotopic (exact) mass is 1280 g/mol. The second kappa shape index (κ2) is 23.7. The van der Waals surface area contributed by atoms with Crippen LogP contribution < -0.4 is 38.4 Å². The van der Waals surface area contributed by atoms with Crippen LogP contribution in [0.2, 0.25) is 0 Å². The van der Waals surface area contributed by atoms with Crippen LogP contribution in [-0.4, -0.2) is 202 Å². The fraction of sp³-hybridized carbons (Fsp3) is 0.605. The van der Waals surface area contributed by atoms with E-state index in [0.29, 0.717) is 32.8 Å². The lowest BCUT2D eigenvalue weighted by atomic mass is 9.94. The number of nitrogens with two attached hydrogens (primary N) is 3. The van der Waals surface area contributed by atoms with E-state index >= 15 is 0 Å². The first kappa shape index (κ1) is 61.2. The number of nitrogen functional groups attached to an aromatic ring is 3. The molecule has 4 aliphatic heterocycles. The second-order valence-corrected chi connectivity index (χ2v) is 28.5. The summed E-state index contributed by atoms with van der Waals surface area (Å²) in [7, 11) is -21.6. The van der Waals surface area contributed by atoms with Gasteiger partial charge in [-0.3, -0.25) is 61.5 Å². The third-order valence-corrected chi connectivity index (χ3v) is 22.2. The average Bonchev–Trinajstić information content (AvgIpc) is 4.31. The van der Waals surface area contributed by atoms with Gasteiger partial charge in [0, 0.05) is 40.0 Å². The molecule has 0 amide bonds. The number of hydrogen-bond donors (Lipinski definition) is 13. The number of nitrogens with zero attached hydrogens (tertiary/aromatic N) is 10. The number of aryl methyl sites for hydroxylation is 1. The number of morpholine rings is 1. The van der Waals surface area contributed by atoms with Gasteiger partial charge in [-0.2, -0.15) is 18.6 Å². The molecule has 16 N–H and O–H groups in total. The Bertz CT molecular complexity index is 3780. The fourth-order valence-corrected chi connectivity index (χ4v) is 17.7. The van der Waals surface area contributed by atoms with Crippen molar-refractivity contribution in [2.24, 2.45) is 13.0 Å². The molecule has 0 spiro atoms. The minimum atomic E-state index is -6.19. The number of methoxy groups -OCH3 is 1. The highest BCUT2D eigenvalue weighted by Crippen LogP contribution is 2.69. The maximum Gasteiger partial charge on any atom is 0.490 e. The van der Waals surface area contributed by atoms with Crippen molar-refractivity contribution in [3.63, 3.8) is 0 Å². The topological polar surface area (TPSA) is 565 Å². The van der Waals surface area contributed by atoms with Crippen molar-refractivity contribution in [1.29, 1.82) is 0 Å². The van der Waals surface area contributed by atoms with E-state index in [1.165, 1.54) is 22.5 Å². The highest BCUT2D eigenvalue weighted by molar-refractivity contribution is 8.20. The molecule has 0 aromatic carbocycles. The number of H-pyrrole nitrogens is 3. The van der Waals surface area contributed by atoms with Crippen molar-refractivity contribution in [2.75, 3.05) is 77.0 Å². The van der Waals surface area contributed by atoms with Crippen LogP contribution >= 0.6 is 39.0 Å². The number of aliphatic hydroxyl groups is 3. The standard InChI is InChI=1S/C38H55N16O24P5/c1-50-14-54(29-21(50)32(60)49-38(41)46-29)33-22(55)15(3-4-51-5-7-70-8-6-51)16(74-33)9-71-80(61,62)77-82(65,66)78-81(63,64)72-11-18-26(25(69-2)35(76-18)53-13-43-20-28(53)45-37(40)48-31(20)59)79-83(67,68)73-10-17-23(56)24(57)34(75-17)52-12-42-19-27(52)44-36(39)47-30(19)58/h12-18,22-26,33-35,55-57,79H,3-11H2,1-2H3,(H12-,39,40,41,44,45,46,47,48,49,58,59,60,61,62,63,64,65,66,67,68)/p+1/t15-,16-,17-,18?,22-,23-,24-,25-,26-,33-,34-,35-/m1/s1. The van der Waals surface area contributed by atoms with Crippen LogP contribution in [0.3, 0.4) is 0 Å². The van der Waals surface area contributed by atoms with Crippen LogP contribution in [0.4, 0.5) is 17.8 Å². The van der Waals surface area contributed by atoms with Crippen molar-refractivity contribution in [3.05, 3.63) is 50.0 Å². The molecule has 4 fully saturated rings. The van der Waals surface area contributed by atoms with Crippen molar-refractivity contribution in [1.82, 2.24) is 58.5 Å². The molecular weight excluding hydrogens is 1220 g/mol. The minimum Gasteiger partial charge on any atom is -0.387 e. The molecule has 0 aliphatic carbocycles. The Morgan fingerprint density at radius 3 is 1.86 bits per heavy atom. The summed E-state index contributed by atoms with van der Waals surface area (Å²) in [6, 6.07) is 0. The number of aromatic nitrogens is 12. The number of nitrogens with one attached hydrogen (secondary N) is 3. The zero-order valence-electron chi connectivity index (χ0n) is 43.1. The number of aromatic amines is 3. The van der Waals surface area contributed by atoms with Gasteiger partial charge in [-0.15, -0.1) is 0 Å². The van der Waals surface area contributed by atoms with Gasteiger partial charge >= 0.3 is 36.4 Å². The number of rotatable bonds is 22. The highest BCUT2D eigenvalue weighted by Gasteiger charge is 2.53. The van der Waals surface area contributed by atoms with E-state index in [-0.39, 0.29) is 57.8 Å². The normalized spacial score (nSPS) is 30.2. The molecule has 17 atom stereocenters. The first-order valence-electron chi connectivity index (χ1n) is 24.6. The van der Waals surface area contributed by atoms with Crippen LogP contribution in [0.15, 0.2) is 33.4 Å². The molecule has 6 aromatic rings. The molecule has 6 aromatic heterocycles. The summed E-state index contributed by atoms with van der Waals surface area (Å²) in [5, 5.41) is 33.6. The molecule has 10 rings (SSSR count). The number of aliphatic hydroxyl groups excluding tert-OH is 3. The summed E-state index contributed by atoms with van der Waals surface area (Å²) in [4.78, 5) is 111. The van der Waals surface area contributed by atoms with E-state index in [2.05, 4.69) is 48.5 Å². The Morgan fingerprint density at radius 2 is 1.25 bits per heavy atom. The fourth-order valence-electron chi connectivity index (χ4n) is 10.1. The van der Waals surface area contributed by atoms with Gasteiger partial charge in [-0.25, -0.2) is 28.2 Å². The van der Waals surface area contributed by atoms with Crippen molar-refractivity contribution in [3.8, 4) is 0 Å². The van der Waals surface area contributed by atoms with Crippen LogP contribution in [0.1, 0.15) is 25.1 Å². The molecular formula is C38H56N16O24P5+. The van der Waals surface area contributed by atoms with Crippen LogP contribution in [0.25, 0.3) is 33.5 Å². The van der Waals surface area contributed by atoms with Gasteiger partial charge in [0.1, 0.15) is 30.5 Å². The maximum absolute atomic E-state index is 14.0. The molecule has 0 radical (unpaired) electrons. The molecule has 83 heavy (non-hydrogen) atoms. The summed E-state index contributed by atoms with van der Waals surface area (Å²) in [5.74, 6) is -1.81. The minimum absolute atomic E-state index is 0.0113. The van der Waals surface area contributed by atoms with E-state index in [0.717, 1.165) is 28.9 Å². The molecule has 456 valence electrons. The second-order valence-electron chi connectivity index (χ2n) is 19.2. The lowest BCUT2D eigenvalue weighted by Crippen LogP contribution is -2.45. The summed E-state index contributed by atoms with van der Waals surface area (Å²) in [5.41, 5.74) is 13.1. The molecule has 45 heteroatoms. The van der Waals surface area contributed by atoms with E-state index in [9.17, 15) is 67.5 Å². The maximum atomic E-state index is 14.0. The van der Waals surface area contributed by atoms with Crippen molar-refractivity contribution >= 4 is 90.4 Å².